The summed E-state index contributed by atoms with van der Waals surface area (Å²) in [7, 11) is 0. The van der Waals surface area contributed by atoms with Crippen molar-refractivity contribution >= 4 is 17.6 Å². The summed E-state index contributed by atoms with van der Waals surface area (Å²) in [6.45, 7) is 2.37. The Morgan fingerprint density at radius 3 is 2.82 bits per heavy atom. The molecule has 0 spiro atoms. The zero-order chi connectivity index (χ0) is 12.3. The van der Waals surface area contributed by atoms with E-state index >= 15 is 0 Å². The second kappa shape index (κ2) is 4.86. The summed E-state index contributed by atoms with van der Waals surface area (Å²) >= 11 is 0. The van der Waals surface area contributed by atoms with Gasteiger partial charge in [-0.3, -0.25) is 10.1 Å². The van der Waals surface area contributed by atoms with Crippen molar-refractivity contribution in [2.24, 2.45) is 0 Å². The lowest BCUT2D eigenvalue weighted by molar-refractivity contribution is -0.121. The minimum absolute atomic E-state index is 0.292. The van der Waals surface area contributed by atoms with Crippen LogP contribution in [0.4, 0.5) is 10.5 Å². The van der Waals surface area contributed by atoms with Gasteiger partial charge in [0.1, 0.15) is 6.04 Å². The molecule has 17 heavy (non-hydrogen) atoms. The Bertz CT molecular complexity index is 445. The van der Waals surface area contributed by atoms with Crippen LogP contribution in [0.5, 0.6) is 0 Å². The van der Waals surface area contributed by atoms with Gasteiger partial charge in [0.25, 0.3) is 5.91 Å². The third-order valence-electron chi connectivity index (χ3n) is 2.75. The number of nitrogens with one attached hydrogen (secondary N) is 3. The molecular formula is C12H15N3O2. The molecule has 0 bridgehead atoms. The number of hydrogen-bond donors (Lipinski definition) is 3. The largest absolute Gasteiger partial charge is 0.372 e. The van der Waals surface area contributed by atoms with Crippen LogP contribution in [0, 0.1) is 0 Å². The van der Waals surface area contributed by atoms with Crippen LogP contribution in [-0.2, 0) is 11.2 Å². The highest BCUT2D eigenvalue weighted by molar-refractivity contribution is 6.00. The molecule has 1 aliphatic rings. The fourth-order valence-electron chi connectivity index (χ4n) is 1.80. The predicted octanol–water partition coefficient (Wildman–Crippen LogP) is 0.869. The second-order valence-corrected chi connectivity index (χ2v) is 3.91. The molecule has 0 aliphatic carbocycles. The lowest BCUT2D eigenvalue weighted by Gasteiger charge is -2.24. The SMILES string of the molecule is CCc1ccccc1NC1CNC(=O)NC1=O. The van der Waals surface area contributed by atoms with E-state index in [9.17, 15) is 9.59 Å². The highest BCUT2D eigenvalue weighted by atomic mass is 16.2. The molecule has 1 unspecified atom stereocenters. The first-order valence-electron chi connectivity index (χ1n) is 5.64. The molecule has 3 amide bonds. The van der Waals surface area contributed by atoms with Crippen molar-refractivity contribution in [3.8, 4) is 0 Å². The van der Waals surface area contributed by atoms with Crippen molar-refractivity contribution in [2.45, 2.75) is 19.4 Å². The van der Waals surface area contributed by atoms with E-state index in [1.54, 1.807) is 0 Å². The lowest BCUT2D eigenvalue weighted by Crippen LogP contribution is -2.57. The number of carbonyl (C=O) groups excluding carboxylic acids is 2. The molecule has 0 radical (unpaired) electrons. The molecule has 3 N–H and O–H groups in total. The van der Waals surface area contributed by atoms with Crippen LogP contribution < -0.4 is 16.0 Å². The molecule has 90 valence electrons. The van der Waals surface area contributed by atoms with Crippen LogP contribution in [-0.4, -0.2) is 24.5 Å². The van der Waals surface area contributed by atoms with Crippen molar-refractivity contribution in [2.75, 3.05) is 11.9 Å². The van der Waals surface area contributed by atoms with Gasteiger partial charge in [0.2, 0.25) is 0 Å². The Morgan fingerprint density at radius 1 is 1.35 bits per heavy atom. The number of carbonyl (C=O) groups is 2. The van der Waals surface area contributed by atoms with E-state index in [0.29, 0.717) is 6.54 Å². The third-order valence-corrected chi connectivity index (χ3v) is 2.75. The van der Waals surface area contributed by atoms with E-state index in [4.69, 9.17) is 0 Å². The number of anilines is 1. The number of aryl methyl sites for hydroxylation is 1. The summed E-state index contributed by atoms with van der Waals surface area (Å²) in [5.74, 6) is -0.292. The maximum absolute atomic E-state index is 11.6. The van der Waals surface area contributed by atoms with E-state index in [1.807, 2.05) is 24.3 Å². The van der Waals surface area contributed by atoms with Crippen molar-refractivity contribution < 1.29 is 9.59 Å². The summed E-state index contributed by atoms with van der Waals surface area (Å²) in [4.78, 5) is 22.5. The number of para-hydroxylation sites is 1. The monoisotopic (exact) mass is 233 g/mol. The normalized spacial score (nSPS) is 19.5. The van der Waals surface area contributed by atoms with Gasteiger partial charge in [-0.15, -0.1) is 0 Å². The van der Waals surface area contributed by atoms with Gasteiger partial charge >= 0.3 is 6.03 Å². The number of imide groups is 1. The third kappa shape index (κ3) is 2.55. The molecule has 1 aromatic carbocycles. The zero-order valence-corrected chi connectivity index (χ0v) is 9.62. The van der Waals surface area contributed by atoms with Crippen molar-refractivity contribution in [1.82, 2.24) is 10.6 Å². The quantitative estimate of drug-likeness (QED) is 0.725. The lowest BCUT2D eigenvalue weighted by atomic mass is 10.1. The molecule has 1 aliphatic heterocycles. The van der Waals surface area contributed by atoms with Gasteiger partial charge in [0, 0.05) is 12.2 Å². The molecule has 1 saturated heterocycles. The van der Waals surface area contributed by atoms with E-state index in [2.05, 4.69) is 22.9 Å². The molecule has 5 heteroatoms. The number of benzene rings is 1. The fourth-order valence-corrected chi connectivity index (χ4v) is 1.80. The topological polar surface area (TPSA) is 70.2 Å². The minimum Gasteiger partial charge on any atom is -0.372 e. The van der Waals surface area contributed by atoms with E-state index in [0.717, 1.165) is 17.7 Å². The van der Waals surface area contributed by atoms with Gasteiger partial charge in [-0.25, -0.2) is 4.79 Å². The molecule has 0 aromatic heterocycles. The highest BCUT2D eigenvalue weighted by Crippen LogP contribution is 2.16. The Kier molecular flexibility index (Phi) is 3.27. The number of amides is 3. The second-order valence-electron chi connectivity index (χ2n) is 3.91. The average Bonchev–Trinajstić information content (AvgIpc) is 2.33. The van der Waals surface area contributed by atoms with Crippen LogP contribution in [0.25, 0.3) is 0 Å². The minimum atomic E-state index is -0.433. The molecule has 1 fully saturated rings. The van der Waals surface area contributed by atoms with Crippen molar-refractivity contribution in [1.29, 1.82) is 0 Å². The summed E-state index contributed by atoms with van der Waals surface area (Å²) in [6.07, 6.45) is 0.893. The molecule has 1 heterocycles. The van der Waals surface area contributed by atoms with E-state index in [-0.39, 0.29) is 5.91 Å². The molecule has 0 saturated carbocycles. The molecule has 1 aromatic rings. The van der Waals surface area contributed by atoms with Crippen LogP contribution in [0.3, 0.4) is 0 Å². The van der Waals surface area contributed by atoms with Gasteiger partial charge in [0.05, 0.1) is 0 Å². The van der Waals surface area contributed by atoms with Crippen molar-refractivity contribution in [3.63, 3.8) is 0 Å². The van der Waals surface area contributed by atoms with E-state index in [1.165, 1.54) is 0 Å². The van der Waals surface area contributed by atoms with Crippen LogP contribution in [0.2, 0.25) is 0 Å². The summed E-state index contributed by atoms with van der Waals surface area (Å²) in [6, 6.07) is 6.98. The molecule has 1 atom stereocenters. The first-order valence-corrected chi connectivity index (χ1v) is 5.64. The first-order chi connectivity index (χ1) is 8.20. The highest BCUT2D eigenvalue weighted by Gasteiger charge is 2.26. The Hall–Kier alpha value is -2.04. The smallest absolute Gasteiger partial charge is 0.321 e. The Labute approximate surface area is 99.6 Å². The maximum Gasteiger partial charge on any atom is 0.321 e. The maximum atomic E-state index is 11.6. The predicted molar refractivity (Wildman–Crippen MR) is 64.8 cm³/mol. The van der Waals surface area contributed by atoms with Gasteiger partial charge in [-0.1, -0.05) is 25.1 Å². The fraction of sp³-hybridized carbons (Fsp3) is 0.333. The summed E-state index contributed by atoms with van der Waals surface area (Å²) in [5.41, 5.74) is 2.09. The number of hydrogen-bond acceptors (Lipinski definition) is 3. The summed E-state index contributed by atoms with van der Waals surface area (Å²) in [5, 5.41) is 7.97. The zero-order valence-electron chi connectivity index (χ0n) is 9.62. The first kappa shape index (κ1) is 11.4. The van der Waals surface area contributed by atoms with Gasteiger partial charge < -0.3 is 10.6 Å². The number of urea groups is 1. The Balaban J connectivity index is 2.10. The van der Waals surface area contributed by atoms with E-state index < -0.39 is 12.1 Å². The van der Waals surface area contributed by atoms with Crippen LogP contribution in [0.15, 0.2) is 24.3 Å². The molecular weight excluding hydrogens is 218 g/mol. The Morgan fingerprint density at radius 2 is 2.12 bits per heavy atom. The summed E-state index contributed by atoms with van der Waals surface area (Å²) < 4.78 is 0. The average molecular weight is 233 g/mol. The molecule has 2 rings (SSSR count). The van der Waals surface area contributed by atoms with Gasteiger partial charge in [-0.2, -0.15) is 0 Å². The van der Waals surface area contributed by atoms with Crippen molar-refractivity contribution in [3.05, 3.63) is 29.8 Å². The van der Waals surface area contributed by atoms with Gasteiger partial charge in [0.15, 0.2) is 0 Å². The van der Waals surface area contributed by atoms with Crippen LogP contribution in [0.1, 0.15) is 12.5 Å². The standard InChI is InChI=1S/C12H15N3O2/c1-2-8-5-3-4-6-9(8)14-10-7-13-12(17)15-11(10)16/h3-6,10,14H,2,7H2,1H3,(H2,13,15,16,17). The van der Waals surface area contributed by atoms with Crippen LogP contribution >= 0.6 is 0 Å². The molecule has 5 nitrogen and oxygen atoms in total. The van der Waals surface area contributed by atoms with Gasteiger partial charge in [-0.05, 0) is 18.1 Å². The number of rotatable bonds is 3.